The van der Waals surface area contributed by atoms with E-state index in [4.69, 9.17) is 9.72 Å². The van der Waals surface area contributed by atoms with Gasteiger partial charge < -0.3 is 10.1 Å². The topological polar surface area (TPSA) is 67.7 Å². The van der Waals surface area contributed by atoms with Crippen LogP contribution in [0.3, 0.4) is 0 Å². The number of fused-ring (bicyclic) bond motifs is 1. The fourth-order valence-electron chi connectivity index (χ4n) is 3.15. The number of nitrogens with one attached hydrogen (secondary N) is 2. The molecular formula is C24H23BrN4O2. The van der Waals surface area contributed by atoms with E-state index in [0.717, 1.165) is 27.2 Å². The predicted octanol–water partition coefficient (Wildman–Crippen LogP) is 6.59. The van der Waals surface area contributed by atoms with Crippen LogP contribution >= 0.6 is 15.9 Å². The number of para-hydroxylation sites is 1. The molecule has 0 radical (unpaired) electrons. The number of pyridine rings is 1. The first-order valence-corrected chi connectivity index (χ1v) is 10.7. The highest BCUT2D eigenvalue weighted by Crippen LogP contribution is 2.32. The minimum Gasteiger partial charge on any atom is -0.410 e. The zero-order valence-electron chi connectivity index (χ0n) is 17.5. The summed E-state index contributed by atoms with van der Waals surface area (Å²) in [5.74, 6) is 1.35. The molecule has 0 aliphatic heterocycles. The summed E-state index contributed by atoms with van der Waals surface area (Å²) in [6, 6.07) is 20.4. The fraction of sp³-hybridized carbons (Fsp3) is 0.167. The Bertz CT molecular complexity index is 1210. The van der Waals surface area contributed by atoms with E-state index in [1.54, 1.807) is 24.3 Å². The van der Waals surface area contributed by atoms with E-state index in [0.29, 0.717) is 11.4 Å². The third-order valence-electron chi connectivity index (χ3n) is 4.43. The third kappa shape index (κ3) is 5.06. The number of benzene rings is 2. The Morgan fingerprint density at radius 1 is 1.00 bits per heavy atom. The maximum atomic E-state index is 12.1. The van der Waals surface area contributed by atoms with E-state index in [2.05, 4.69) is 47.3 Å². The second-order valence-electron chi connectivity index (χ2n) is 8.16. The Kier molecular flexibility index (Phi) is 5.69. The molecule has 2 aromatic carbocycles. The van der Waals surface area contributed by atoms with E-state index >= 15 is 0 Å². The van der Waals surface area contributed by atoms with Crippen LogP contribution in [0.15, 0.2) is 77.4 Å². The van der Waals surface area contributed by atoms with Gasteiger partial charge in [-0.25, -0.2) is 9.78 Å². The molecule has 4 rings (SSSR count). The SMILES string of the molecule is CC(C)(C)Nc1c(-c2ccc(OC(=O)Nc3ccccc3)cc2)nc2ccc(Br)cn12. The lowest BCUT2D eigenvalue weighted by molar-refractivity contribution is 0.215. The van der Waals surface area contributed by atoms with Gasteiger partial charge in [0.1, 0.15) is 22.9 Å². The average Bonchev–Trinajstić information content (AvgIpc) is 3.05. The lowest BCUT2D eigenvalue weighted by Crippen LogP contribution is -2.27. The molecule has 1 amide bonds. The molecular weight excluding hydrogens is 456 g/mol. The highest BCUT2D eigenvalue weighted by molar-refractivity contribution is 9.10. The van der Waals surface area contributed by atoms with Crippen molar-refractivity contribution in [3.8, 4) is 17.0 Å². The second-order valence-corrected chi connectivity index (χ2v) is 9.08. The number of nitrogens with zero attached hydrogens (tertiary/aromatic N) is 2. The Hall–Kier alpha value is -3.32. The summed E-state index contributed by atoms with van der Waals surface area (Å²) in [6.45, 7) is 6.32. The predicted molar refractivity (Wildman–Crippen MR) is 128 cm³/mol. The van der Waals surface area contributed by atoms with Gasteiger partial charge in [-0.3, -0.25) is 9.72 Å². The maximum absolute atomic E-state index is 12.1. The molecule has 0 bridgehead atoms. The van der Waals surface area contributed by atoms with Crippen molar-refractivity contribution in [3.63, 3.8) is 0 Å². The molecule has 0 saturated carbocycles. The first-order valence-electron chi connectivity index (χ1n) is 9.89. The standard InChI is InChI=1S/C24H23BrN4O2/c1-24(2,3)28-22-21(27-20-14-11-17(25)15-29(20)22)16-9-12-19(13-10-16)31-23(30)26-18-7-5-4-6-8-18/h4-15,28H,1-3H3,(H,26,30). The van der Waals surface area contributed by atoms with E-state index in [-0.39, 0.29) is 5.54 Å². The zero-order chi connectivity index (χ0) is 22.0. The quantitative estimate of drug-likeness (QED) is 0.347. The van der Waals surface area contributed by atoms with Gasteiger partial charge in [-0.1, -0.05) is 18.2 Å². The molecule has 2 aromatic heterocycles. The minimum atomic E-state index is -0.536. The zero-order valence-corrected chi connectivity index (χ0v) is 19.1. The summed E-state index contributed by atoms with van der Waals surface area (Å²) in [7, 11) is 0. The molecule has 0 fully saturated rings. The van der Waals surface area contributed by atoms with Gasteiger partial charge in [0.2, 0.25) is 0 Å². The molecule has 6 nitrogen and oxygen atoms in total. The van der Waals surface area contributed by atoms with E-state index in [9.17, 15) is 4.79 Å². The van der Waals surface area contributed by atoms with Crippen LogP contribution in [-0.2, 0) is 0 Å². The van der Waals surface area contributed by atoms with Gasteiger partial charge in [0.05, 0.1) is 0 Å². The second kappa shape index (κ2) is 8.43. The van der Waals surface area contributed by atoms with Crippen LogP contribution in [0.4, 0.5) is 16.3 Å². The van der Waals surface area contributed by atoms with Crippen molar-refractivity contribution in [2.45, 2.75) is 26.3 Å². The van der Waals surface area contributed by atoms with Crippen molar-refractivity contribution in [1.29, 1.82) is 0 Å². The van der Waals surface area contributed by atoms with Crippen molar-refractivity contribution in [2.24, 2.45) is 0 Å². The van der Waals surface area contributed by atoms with Crippen molar-refractivity contribution in [3.05, 3.63) is 77.4 Å². The Morgan fingerprint density at radius 2 is 1.71 bits per heavy atom. The van der Waals surface area contributed by atoms with Crippen molar-refractivity contribution >= 4 is 39.2 Å². The number of anilines is 2. The van der Waals surface area contributed by atoms with Crippen molar-refractivity contribution in [1.82, 2.24) is 9.38 Å². The summed E-state index contributed by atoms with van der Waals surface area (Å²) >= 11 is 3.54. The van der Waals surface area contributed by atoms with Crippen LogP contribution in [-0.4, -0.2) is 21.0 Å². The lowest BCUT2D eigenvalue weighted by Gasteiger charge is -2.22. The van der Waals surface area contributed by atoms with Gasteiger partial charge in [0.15, 0.2) is 0 Å². The number of rotatable bonds is 4. The largest absolute Gasteiger partial charge is 0.417 e. The lowest BCUT2D eigenvalue weighted by atomic mass is 10.1. The van der Waals surface area contributed by atoms with Crippen LogP contribution in [0.2, 0.25) is 0 Å². The minimum absolute atomic E-state index is 0.147. The van der Waals surface area contributed by atoms with E-state index in [1.165, 1.54) is 0 Å². The summed E-state index contributed by atoms with van der Waals surface area (Å²) in [6.07, 6.45) is 1.46. The fourth-order valence-corrected chi connectivity index (χ4v) is 3.48. The van der Waals surface area contributed by atoms with Crippen molar-refractivity contribution in [2.75, 3.05) is 10.6 Å². The number of carbonyl (C=O) groups excluding carboxylic acids is 1. The molecule has 0 spiro atoms. The normalized spacial score (nSPS) is 11.4. The van der Waals surface area contributed by atoms with Crippen LogP contribution in [0, 0.1) is 0 Å². The highest BCUT2D eigenvalue weighted by Gasteiger charge is 2.19. The Balaban J connectivity index is 1.60. The number of ether oxygens (including phenoxy) is 1. The summed E-state index contributed by atoms with van der Waals surface area (Å²) in [4.78, 5) is 16.9. The summed E-state index contributed by atoms with van der Waals surface area (Å²) in [5.41, 5.74) is 3.12. The first kappa shape index (κ1) is 20.9. The Morgan fingerprint density at radius 3 is 2.39 bits per heavy atom. The molecule has 158 valence electrons. The smallest absolute Gasteiger partial charge is 0.410 e. The molecule has 2 heterocycles. The molecule has 7 heteroatoms. The third-order valence-corrected chi connectivity index (χ3v) is 4.90. The molecule has 0 aliphatic rings. The number of carbonyl (C=O) groups is 1. The highest BCUT2D eigenvalue weighted by atomic mass is 79.9. The number of hydrogen-bond acceptors (Lipinski definition) is 4. The van der Waals surface area contributed by atoms with Crippen LogP contribution in [0.5, 0.6) is 5.75 Å². The molecule has 0 atom stereocenters. The van der Waals surface area contributed by atoms with Gasteiger partial charge >= 0.3 is 6.09 Å². The van der Waals surface area contributed by atoms with E-state index in [1.807, 2.05) is 53.1 Å². The molecule has 31 heavy (non-hydrogen) atoms. The number of amides is 1. The van der Waals surface area contributed by atoms with Gasteiger partial charge in [-0.05, 0) is 85.2 Å². The number of imidazole rings is 1. The van der Waals surface area contributed by atoms with Crippen LogP contribution in [0.1, 0.15) is 20.8 Å². The van der Waals surface area contributed by atoms with E-state index < -0.39 is 6.09 Å². The van der Waals surface area contributed by atoms with Gasteiger partial charge in [-0.2, -0.15) is 0 Å². The van der Waals surface area contributed by atoms with Crippen LogP contribution < -0.4 is 15.4 Å². The van der Waals surface area contributed by atoms with Crippen LogP contribution in [0.25, 0.3) is 16.9 Å². The molecule has 4 aromatic rings. The summed E-state index contributed by atoms with van der Waals surface area (Å²) < 4.78 is 8.39. The molecule has 0 unspecified atom stereocenters. The Labute approximate surface area is 189 Å². The number of hydrogen-bond donors (Lipinski definition) is 2. The summed E-state index contributed by atoms with van der Waals surface area (Å²) in [5, 5.41) is 6.26. The van der Waals surface area contributed by atoms with Crippen molar-refractivity contribution < 1.29 is 9.53 Å². The number of halogens is 1. The monoisotopic (exact) mass is 478 g/mol. The van der Waals surface area contributed by atoms with Gasteiger partial charge in [0, 0.05) is 27.5 Å². The molecule has 2 N–H and O–H groups in total. The van der Waals surface area contributed by atoms with Gasteiger partial charge in [0.25, 0.3) is 0 Å². The van der Waals surface area contributed by atoms with Gasteiger partial charge in [-0.15, -0.1) is 0 Å². The maximum Gasteiger partial charge on any atom is 0.417 e. The number of aromatic nitrogens is 2. The first-order chi connectivity index (χ1) is 14.8. The average molecular weight is 479 g/mol. The molecule has 0 saturated heterocycles. The molecule has 0 aliphatic carbocycles.